The fourth-order valence-corrected chi connectivity index (χ4v) is 4.23. The number of benzene rings is 1. The molecule has 0 heterocycles. The highest BCUT2D eigenvalue weighted by atomic mass is 19.1. The van der Waals surface area contributed by atoms with Crippen LogP contribution in [0.5, 0.6) is 0 Å². The van der Waals surface area contributed by atoms with Gasteiger partial charge in [0, 0.05) is 19.2 Å². The lowest BCUT2D eigenvalue weighted by molar-refractivity contribution is 0.101. The predicted octanol–water partition coefficient (Wildman–Crippen LogP) is 3.90. The predicted molar refractivity (Wildman–Crippen MR) is 78.6 cm³/mol. The van der Waals surface area contributed by atoms with Gasteiger partial charge in [-0.2, -0.15) is 0 Å². The van der Waals surface area contributed by atoms with Crippen LogP contribution in [0.4, 0.5) is 10.1 Å². The molecule has 3 heteroatoms. The maximum atomic E-state index is 14.1. The lowest BCUT2D eigenvalue weighted by Crippen LogP contribution is -2.30. The molecule has 0 aliphatic heterocycles. The Kier molecular flexibility index (Phi) is 3.53. The zero-order chi connectivity index (χ0) is 14.3. The first-order chi connectivity index (χ1) is 9.56. The summed E-state index contributed by atoms with van der Waals surface area (Å²) in [4.78, 5) is 13.7. The zero-order valence-electron chi connectivity index (χ0n) is 12.2. The van der Waals surface area contributed by atoms with Crippen molar-refractivity contribution in [2.75, 3.05) is 18.5 Å². The van der Waals surface area contributed by atoms with Crippen molar-refractivity contribution in [3.8, 4) is 0 Å². The highest BCUT2D eigenvalue weighted by Gasteiger charge is 2.40. The highest BCUT2D eigenvalue weighted by molar-refractivity contribution is 5.99. The molecule has 1 aromatic carbocycles. The molecule has 3 atom stereocenters. The fourth-order valence-electron chi connectivity index (χ4n) is 4.23. The molecule has 2 aliphatic rings. The zero-order valence-corrected chi connectivity index (χ0v) is 12.2. The number of carbonyl (C=O) groups is 1. The summed E-state index contributed by atoms with van der Waals surface area (Å²) in [5.74, 6) is 2.02. The van der Waals surface area contributed by atoms with Gasteiger partial charge in [-0.1, -0.05) is 12.5 Å². The van der Waals surface area contributed by atoms with Crippen molar-refractivity contribution in [2.24, 2.45) is 17.8 Å². The first-order valence-electron chi connectivity index (χ1n) is 7.57. The van der Waals surface area contributed by atoms with E-state index in [9.17, 15) is 9.18 Å². The first kappa shape index (κ1) is 13.6. The van der Waals surface area contributed by atoms with E-state index in [-0.39, 0.29) is 11.6 Å². The molecule has 0 spiro atoms. The molecule has 0 saturated heterocycles. The Labute approximate surface area is 120 Å². The number of halogens is 1. The van der Waals surface area contributed by atoms with Crippen molar-refractivity contribution in [1.82, 2.24) is 0 Å². The summed E-state index contributed by atoms with van der Waals surface area (Å²) in [6.07, 6.45) is 5.34. The van der Waals surface area contributed by atoms with Crippen LogP contribution < -0.4 is 4.90 Å². The summed E-state index contributed by atoms with van der Waals surface area (Å²) in [5, 5.41) is 0. The minimum atomic E-state index is -0.289. The number of hydrogen-bond donors (Lipinski definition) is 0. The maximum absolute atomic E-state index is 14.1. The summed E-state index contributed by atoms with van der Waals surface area (Å²) in [6.45, 7) is 2.37. The van der Waals surface area contributed by atoms with Crippen LogP contribution in [-0.4, -0.2) is 19.4 Å². The van der Waals surface area contributed by atoms with Crippen molar-refractivity contribution in [3.05, 3.63) is 29.6 Å². The van der Waals surface area contributed by atoms with Gasteiger partial charge in [-0.15, -0.1) is 0 Å². The van der Waals surface area contributed by atoms with Crippen LogP contribution in [0.2, 0.25) is 0 Å². The van der Waals surface area contributed by atoms with Crippen molar-refractivity contribution in [1.29, 1.82) is 0 Å². The van der Waals surface area contributed by atoms with Crippen LogP contribution in [0.1, 0.15) is 43.0 Å². The van der Waals surface area contributed by atoms with Gasteiger partial charge >= 0.3 is 0 Å². The van der Waals surface area contributed by atoms with E-state index in [4.69, 9.17) is 0 Å². The van der Waals surface area contributed by atoms with Gasteiger partial charge in [0.25, 0.3) is 0 Å². The molecule has 0 amide bonds. The standard InChI is InChI=1S/C17H22FNO/c1-11(20)15-4-3-5-16(18)17(15)19(2)10-14-9-12-6-7-13(14)8-12/h3-5,12-14H,6-10H2,1-2H3. The Morgan fingerprint density at radius 1 is 1.35 bits per heavy atom. The quantitative estimate of drug-likeness (QED) is 0.777. The van der Waals surface area contributed by atoms with Gasteiger partial charge in [0.15, 0.2) is 5.78 Å². The lowest BCUT2D eigenvalue weighted by atomic mass is 9.88. The van der Waals surface area contributed by atoms with Gasteiger partial charge in [0.1, 0.15) is 5.82 Å². The van der Waals surface area contributed by atoms with E-state index in [1.807, 2.05) is 11.9 Å². The van der Waals surface area contributed by atoms with Crippen LogP contribution in [0.25, 0.3) is 0 Å². The third kappa shape index (κ3) is 2.34. The van der Waals surface area contributed by atoms with E-state index in [2.05, 4.69) is 0 Å². The van der Waals surface area contributed by atoms with E-state index >= 15 is 0 Å². The van der Waals surface area contributed by atoms with Crippen LogP contribution in [0, 0.1) is 23.6 Å². The Morgan fingerprint density at radius 3 is 2.75 bits per heavy atom. The smallest absolute Gasteiger partial charge is 0.161 e. The Bertz CT molecular complexity index is 528. The number of para-hydroxylation sites is 1. The molecule has 2 fully saturated rings. The minimum Gasteiger partial charge on any atom is -0.371 e. The van der Waals surface area contributed by atoms with E-state index in [1.165, 1.54) is 38.7 Å². The second kappa shape index (κ2) is 5.19. The van der Waals surface area contributed by atoms with E-state index < -0.39 is 0 Å². The number of fused-ring (bicyclic) bond motifs is 2. The summed E-state index contributed by atoms with van der Waals surface area (Å²) >= 11 is 0. The molecule has 20 heavy (non-hydrogen) atoms. The molecule has 2 bridgehead atoms. The van der Waals surface area contributed by atoms with Gasteiger partial charge in [-0.3, -0.25) is 4.79 Å². The van der Waals surface area contributed by atoms with E-state index in [1.54, 1.807) is 12.1 Å². The molecular formula is C17H22FNO. The largest absolute Gasteiger partial charge is 0.371 e. The number of nitrogens with zero attached hydrogens (tertiary/aromatic N) is 1. The topological polar surface area (TPSA) is 20.3 Å². The van der Waals surface area contributed by atoms with E-state index in [0.29, 0.717) is 17.2 Å². The third-order valence-corrected chi connectivity index (χ3v) is 5.14. The third-order valence-electron chi connectivity index (χ3n) is 5.14. The van der Waals surface area contributed by atoms with Gasteiger partial charge in [-0.05, 0) is 56.1 Å². The van der Waals surface area contributed by atoms with E-state index in [0.717, 1.165) is 18.4 Å². The van der Waals surface area contributed by atoms with Gasteiger partial charge in [0.2, 0.25) is 0 Å². The Morgan fingerprint density at radius 2 is 2.15 bits per heavy atom. The second-order valence-electron chi connectivity index (χ2n) is 6.51. The SMILES string of the molecule is CC(=O)c1cccc(F)c1N(C)CC1CC2CCC1C2. The first-order valence-corrected chi connectivity index (χ1v) is 7.57. The van der Waals surface area contributed by atoms with Crippen LogP contribution >= 0.6 is 0 Å². The van der Waals surface area contributed by atoms with Gasteiger partial charge in [-0.25, -0.2) is 4.39 Å². The Hall–Kier alpha value is -1.38. The summed E-state index contributed by atoms with van der Waals surface area (Å²) < 4.78 is 14.1. The minimum absolute atomic E-state index is 0.0701. The highest BCUT2D eigenvalue weighted by Crippen LogP contribution is 2.48. The van der Waals surface area contributed by atoms with Crippen molar-refractivity contribution in [3.63, 3.8) is 0 Å². The average Bonchev–Trinajstić information content (AvgIpc) is 3.00. The number of ketones is 1. The molecule has 2 nitrogen and oxygen atoms in total. The van der Waals surface area contributed by atoms with Crippen molar-refractivity contribution in [2.45, 2.75) is 32.6 Å². The molecule has 0 radical (unpaired) electrons. The lowest BCUT2D eigenvalue weighted by Gasteiger charge is -2.29. The van der Waals surface area contributed by atoms with Crippen LogP contribution in [0.3, 0.4) is 0 Å². The number of Topliss-reactive ketones (excluding diaryl/α,β-unsaturated/α-hetero) is 1. The second-order valence-corrected chi connectivity index (χ2v) is 6.51. The average molecular weight is 275 g/mol. The van der Waals surface area contributed by atoms with Crippen LogP contribution in [-0.2, 0) is 0 Å². The monoisotopic (exact) mass is 275 g/mol. The van der Waals surface area contributed by atoms with Crippen molar-refractivity contribution < 1.29 is 9.18 Å². The van der Waals surface area contributed by atoms with Gasteiger partial charge < -0.3 is 4.90 Å². The summed E-state index contributed by atoms with van der Waals surface area (Å²) in [7, 11) is 1.91. The molecule has 1 aromatic rings. The number of anilines is 1. The molecule has 0 N–H and O–H groups in total. The normalized spacial score (nSPS) is 27.9. The Balaban J connectivity index is 1.80. The molecule has 2 aliphatic carbocycles. The molecule has 3 unspecified atom stereocenters. The van der Waals surface area contributed by atoms with Crippen LogP contribution in [0.15, 0.2) is 18.2 Å². The molecule has 0 aromatic heterocycles. The summed E-state index contributed by atoms with van der Waals surface area (Å²) in [6, 6.07) is 4.78. The fraction of sp³-hybridized carbons (Fsp3) is 0.588. The van der Waals surface area contributed by atoms with Crippen molar-refractivity contribution >= 4 is 11.5 Å². The maximum Gasteiger partial charge on any atom is 0.161 e. The number of carbonyl (C=O) groups excluding carboxylic acids is 1. The molecular weight excluding hydrogens is 253 g/mol. The number of rotatable bonds is 4. The van der Waals surface area contributed by atoms with Gasteiger partial charge in [0.05, 0.1) is 5.69 Å². The number of hydrogen-bond acceptors (Lipinski definition) is 2. The molecule has 3 rings (SSSR count). The summed E-state index contributed by atoms with van der Waals surface area (Å²) in [5.41, 5.74) is 0.971. The molecule has 2 saturated carbocycles. The molecule has 108 valence electrons.